The van der Waals surface area contributed by atoms with Crippen LogP contribution in [0.25, 0.3) is 0 Å². The number of nitrogens with zero attached hydrogens (tertiary/aromatic N) is 1. The topological polar surface area (TPSA) is 41.8 Å². The molecule has 110 valence electrons. The summed E-state index contributed by atoms with van der Waals surface area (Å²) in [5.74, 6) is 1.11. The van der Waals surface area contributed by atoms with Crippen molar-refractivity contribution < 1.29 is 13.3 Å². The third kappa shape index (κ3) is 4.29. The molecule has 5 heteroatoms. The number of quaternary nitrogens is 1. The Kier molecular flexibility index (Phi) is 5.42. The zero-order valence-electron chi connectivity index (χ0n) is 12.0. The van der Waals surface area contributed by atoms with Gasteiger partial charge in [-0.3, -0.25) is 0 Å². The molecule has 0 unspecified atom stereocenters. The molecule has 1 saturated heterocycles. The molecule has 0 saturated carbocycles. The molecule has 4 nitrogen and oxygen atoms in total. The molecule has 1 atom stereocenters. The Morgan fingerprint density at radius 1 is 1.26 bits per heavy atom. The highest BCUT2D eigenvalue weighted by Gasteiger charge is 2.29. The second-order valence-corrected chi connectivity index (χ2v) is 7.91. The molecular weight excluding hydrogens is 260 g/mol. The maximum atomic E-state index is 12.0. The van der Waals surface area contributed by atoms with Crippen LogP contribution in [0.4, 0.5) is 0 Å². The van der Waals surface area contributed by atoms with E-state index in [-0.39, 0.29) is 0 Å². The van der Waals surface area contributed by atoms with Gasteiger partial charge < -0.3 is 4.90 Å². The molecule has 0 radical (unpaired) electrons. The number of rotatable bonds is 5. The summed E-state index contributed by atoms with van der Waals surface area (Å²) in [6.45, 7) is 6.51. The largest absolute Gasteiger partial charge is 0.333 e. The van der Waals surface area contributed by atoms with Crippen molar-refractivity contribution in [3.8, 4) is 0 Å². The summed E-state index contributed by atoms with van der Waals surface area (Å²) in [6.07, 6.45) is 9.02. The first kappa shape index (κ1) is 15.0. The minimum atomic E-state index is -2.98. The Balaban J connectivity index is 1.77. The smallest absolute Gasteiger partial charge is 0.214 e. The van der Waals surface area contributed by atoms with Crippen molar-refractivity contribution >= 4 is 10.0 Å². The second-order valence-electron chi connectivity index (χ2n) is 5.82. The van der Waals surface area contributed by atoms with Gasteiger partial charge in [-0.05, 0) is 25.7 Å². The molecule has 0 aromatic rings. The van der Waals surface area contributed by atoms with Crippen molar-refractivity contribution in [2.75, 3.05) is 38.5 Å². The van der Waals surface area contributed by atoms with E-state index < -0.39 is 10.0 Å². The molecule has 1 aliphatic carbocycles. The van der Waals surface area contributed by atoms with E-state index in [2.05, 4.69) is 12.2 Å². The Hall–Kier alpha value is -0.390. The monoisotopic (exact) mass is 287 g/mol. The van der Waals surface area contributed by atoms with Gasteiger partial charge in [-0.25, -0.2) is 8.42 Å². The molecular formula is C14H27N2O2S+. The van der Waals surface area contributed by atoms with E-state index in [0.29, 0.717) is 25.3 Å². The summed E-state index contributed by atoms with van der Waals surface area (Å²) in [7, 11) is -2.98. The maximum absolute atomic E-state index is 12.0. The van der Waals surface area contributed by atoms with Gasteiger partial charge in [0, 0.05) is 5.92 Å². The SMILES string of the molecule is CCCS(=O)(=O)N1CC[NH+](C[C@@H]2CC=CCC2)CC1. The molecule has 0 aromatic carbocycles. The highest BCUT2D eigenvalue weighted by atomic mass is 32.2. The van der Waals surface area contributed by atoms with Gasteiger partial charge in [0.25, 0.3) is 0 Å². The average molecular weight is 287 g/mol. The summed E-state index contributed by atoms with van der Waals surface area (Å²) in [6, 6.07) is 0. The number of hydrogen-bond acceptors (Lipinski definition) is 2. The van der Waals surface area contributed by atoms with Crippen molar-refractivity contribution in [2.45, 2.75) is 32.6 Å². The summed E-state index contributed by atoms with van der Waals surface area (Å²) in [4.78, 5) is 1.59. The van der Waals surface area contributed by atoms with Crippen LogP contribution < -0.4 is 4.90 Å². The van der Waals surface area contributed by atoms with Gasteiger partial charge in [-0.1, -0.05) is 19.1 Å². The van der Waals surface area contributed by atoms with E-state index in [1.165, 1.54) is 25.8 Å². The Morgan fingerprint density at radius 2 is 2.00 bits per heavy atom. The molecule has 1 N–H and O–H groups in total. The van der Waals surface area contributed by atoms with Crippen LogP contribution in [0.15, 0.2) is 12.2 Å². The molecule has 2 rings (SSSR count). The zero-order chi connectivity index (χ0) is 13.7. The molecule has 1 heterocycles. The van der Waals surface area contributed by atoms with Crippen LogP contribution in [0, 0.1) is 5.92 Å². The lowest BCUT2D eigenvalue weighted by atomic mass is 9.94. The van der Waals surface area contributed by atoms with Crippen LogP contribution in [0.2, 0.25) is 0 Å². The van der Waals surface area contributed by atoms with Gasteiger partial charge in [0.2, 0.25) is 10.0 Å². The van der Waals surface area contributed by atoms with Crippen LogP contribution in [0.5, 0.6) is 0 Å². The first-order valence-electron chi connectivity index (χ1n) is 7.58. The molecule has 2 aliphatic rings. The van der Waals surface area contributed by atoms with E-state index >= 15 is 0 Å². The molecule has 0 spiro atoms. The second kappa shape index (κ2) is 6.86. The highest BCUT2D eigenvalue weighted by Crippen LogP contribution is 2.16. The first-order chi connectivity index (χ1) is 9.12. The number of allylic oxidation sites excluding steroid dienone is 2. The predicted octanol–water partition coefficient (Wildman–Crippen LogP) is 0.283. The average Bonchev–Trinajstić information content (AvgIpc) is 2.40. The maximum Gasteiger partial charge on any atom is 0.214 e. The van der Waals surface area contributed by atoms with Crippen LogP contribution in [0.3, 0.4) is 0 Å². The third-order valence-corrected chi connectivity index (χ3v) is 6.32. The lowest BCUT2D eigenvalue weighted by molar-refractivity contribution is -0.907. The van der Waals surface area contributed by atoms with Crippen molar-refractivity contribution in [3.63, 3.8) is 0 Å². The fraction of sp³-hybridized carbons (Fsp3) is 0.857. The summed E-state index contributed by atoms with van der Waals surface area (Å²) >= 11 is 0. The van der Waals surface area contributed by atoms with Crippen LogP contribution in [-0.2, 0) is 10.0 Å². The molecule has 0 amide bonds. The van der Waals surface area contributed by atoms with Gasteiger partial charge in [0.1, 0.15) is 0 Å². The van der Waals surface area contributed by atoms with E-state index in [4.69, 9.17) is 0 Å². The fourth-order valence-electron chi connectivity index (χ4n) is 3.12. The highest BCUT2D eigenvalue weighted by molar-refractivity contribution is 7.89. The van der Waals surface area contributed by atoms with E-state index in [0.717, 1.165) is 19.0 Å². The van der Waals surface area contributed by atoms with Crippen LogP contribution >= 0.6 is 0 Å². The standard InChI is InChI=1S/C14H26N2O2S/c1-2-12-19(17,18)16-10-8-15(9-11-16)13-14-6-4-3-5-7-14/h3-4,14H,2,5-13H2,1H3/p+1/t14-/m1/s1. The molecule has 19 heavy (non-hydrogen) atoms. The van der Waals surface area contributed by atoms with Crippen molar-refractivity contribution in [3.05, 3.63) is 12.2 Å². The number of nitrogens with one attached hydrogen (secondary N) is 1. The zero-order valence-corrected chi connectivity index (χ0v) is 12.8. The van der Waals surface area contributed by atoms with E-state index in [1.54, 1.807) is 9.21 Å². The Labute approximate surface area is 117 Å². The Morgan fingerprint density at radius 3 is 2.58 bits per heavy atom. The quantitative estimate of drug-likeness (QED) is 0.738. The van der Waals surface area contributed by atoms with Gasteiger partial charge in [-0.2, -0.15) is 4.31 Å². The van der Waals surface area contributed by atoms with E-state index in [1.807, 2.05) is 6.92 Å². The summed E-state index contributed by atoms with van der Waals surface area (Å²) in [5, 5.41) is 0. The predicted molar refractivity (Wildman–Crippen MR) is 77.7 cm³/mol. The molecule has 1 aliphatic heterocycles. The van der Waals surface area contributed by atoms with Crippen molar-refractivity contribution in [1.82, 2.24) is 4.31 Å². The third-order valence-electron chi connectivity index (χ3n) is 4.24. The van der Waals surface area contributed by atoms with Crippen LogP contribution in [0.1, 0.15) is 32.6 Å². The lowest BCUT2D eigenvalue weighted by Crippen LogP contribution is -3.15. The summed E-state index contributed by atoms with van der Waals surface area (Å²) in [5.41, 5.74) is 0. The minimum Gasteiger partial charge on any atom is -0.333 e. The lowest BCUT2D eigenvalue weighted by Gasteiger charge is -2.33. The summed E-state index contributed by atoms with van der Waals surface area (Å²) < 4.78 is 25.7. The normalized spacial score (nSPS) is 26.7. The van der Waals surface area contributed by atoms with Crippen molar-refractivity contribution in [1.29, 1.82) is 0 Å². The van der Waals surface area contributed by atoms with Crippen LogP contribution in [-0.4, -0.2) is 51.2 Å². The number of piperazine rings is 1. The van der Waals surface area contributed by atoms with Gasteiger partial charge in [-0.15, -0.1) is 0 Å². The molecule has 0 bridgehead atoms. The van der Waals surface area contributed by atoms with Gasteiger partial charge in [0.05, 0.1) is 38.5 Å². The Bertz CT molecular complexity index is 398. The first-order valence-corrected chi connectivity index (χ1v) is 9.19. The van der Waals surface area contributed by atoms with Gasteiger partial charge >= 0.3 is 0 Å². The minimum absolute atomic E-state index is 0.301. The van der Waals surface area contributed by atoms with Gasteiger partial charge in [0.15, 0.2) is 0 Å². The number of sulfonamides is 1. The molecule has 0 aromatic heterocycles. The van der Waals surface area contributed by atoms with E-state index in [9.17, 15) is 8.42 Å². The molecule has 1 fully saturated rings. The fourth-order valence-corrected chi connectivity index (χ4v) is 4.63. The van der Waals surface area contributed by atoms with Crippen molar-refractivity contribution in [2.24, 2.45) is 5.92 Å². The number of hydrogen-bond donors (Lipinski definition) is 1.